The van der Waals surface area contributed by atoms with Gasteiger partial charge >= 0.3 is 6.03 Å². The molecule has 2 amide bonds. The maximum atomic E-state index is 12.4. The first-order chi connectivity index (χ1) is 15.9. The summed E-state index contributed by atoms with van der Waals surface area (Å²) in [7, 11) is 0. The molecule has 1 fully saturated rings. The Bertz CT molecular complexity index is 1110. The second kappa shape index (κ2) is 10.3. The minimum Gasteiger partial charge on any atom is -0.351 e. The monoisotopic (exact) mass is 444 g/mol. The minimum absolute atomic E-state index is 0.269. The Morgan fingerprint density at radius 1 is 0.848 bits per heavy atom. The molecule has 1 heterocycles. The summed E-state index contributed by atoms with van der Waals surface area (Å²) in [5.74, 6) is 1.42. The van der Waals surface area contributed by atoms with Crippen LogP contribution in [0.3, 0.4) is 0 Å². The van der Waals surface area contributed by atoms with Crippen LogP contribution in [0.25, 0.3) is 0 Å². The third kappa shape index (κ3) is 6.44. The summed E-state index contributed by atoms with van der Waals surface area (Å²) < 4.78 is 0. The molecule has 7 heteroatoms. The van der Waals surface area contributed by atoms with Crippen LogP contribution in [-0.2, 0) is 0 Å². The number of hydrogen-bond donors (Lipinski definition) is 4. The van der Waals surface area contributed by atoms with Gasteiger partial charge in [-0.2, -0.15) is 4.98 Å². The predicted octanol–water partition coefficient (Wildman–Crippen LogP) is 6.53. The Labute approximate surface area is 195 Å². The summed E-state index contributed by atoms with van der Waals surface area (Å²) >= 11 is 0. The van der Waals surface area contributed by atoms with E-state index in [2.05, 4.69) is 31.2 Å². The van der Waals surface area contributed by atoms with Crippen molar-refractivity contribution in [2.75, 3.05) is 21.3 Å². The minimum atomic E-state index is -0.269. The van der Waals surface area contributed by atoms with Crippen molar-refractivity contribution in [3.8, 4) is 0 Å². The number of carbonyl (C=O) groups excluding carboxylic acids is 1. The van der Waals surface area contributed by atoms with Crippen molar-refractivity contribution in [1.29, 1.82) is 0 Å². The third-order valence-corrected chi connectivity index (χ3v) is 5.85. The molecule has 0 bridgehead atoms. The van der Waals surface area contributed by atoms with E-state index in [1.165, 1.54) is 32.1 Å². The van der Waals surface area contributed by atoms with Gasteiger partial charge in [0.2, 0.25) is 5.95 Å². The molecule has 4 rings (SSSR count). The standard InChI is InChI=1S/C26H32N6O/c1-17-9-10-18(2)23(15-17)31-26(33)30-22-13-11-21(12-14-22)28-24-16-19(3)27-25(32-24)29-20-7-5-4-6-8-20/h9-16,20H,4-8H2,1-3H3,(H2,30,31,33)(H2,27,28,29,32). The number of urea groups is 1. The van der Waals surface area contributed by atoms with Crippen LogP contribution >= 0.6 is 0 Å². The fraction of sp³-hybridized carbons (Fsp3) is 0.346. The van der Waals surface area contributed by atoms with Crippen LogP contribution in [-0.4, -0.2) is 22.0 Å². The summed E-state index contributed by atoms with van der Waals surface area (Å²) in [5, 5.41) is 12.6. The van der Waals surface area contributed by atoms with Gasteiger partial charge in [0.15, 0.2) is 0 Å². The number of nitrogens with one attached hydrogen (secondary N) is 4. The van der Waals surface area contributed by atoms with E-state index in [0.717, 1.165) is 34.0 Å². The molecule has 4 N–H and O–H groups in total. The third-order valence-electron chi connectivity index (χ3n) is 5.85. The lowest BCUT2D eigenvalue weighted by Gasteiger charge is -2.23. The van der Waals surface area contributed by atoms with Crippen LogP contribution in [0.4, 0.5) is 33.6 Å². The van der Waals surface area contributed by atoms with Crippen LogP contribution < -0.4 is 21.3 Å². The molecule has 1 aliphatic rings. The van der Waals surface area contributed by atoms with Crippen LogP contribution in [0.15, 0.2) is 48.5 Å². The van der Waals surface area contributed by atoms with Gasteiger partial charge in [-0.05, 0) is 75.1 Å². The average molecular weight is 445 g/mol. The fourth-order valence-corrected chi connectivity index (χ4v) is 4.07. The lowest BCUT2D eigenvalue weighted by Crippen LogP contribution is -2.23. The lowest BCUT2D eigenvalue weighted by molar-refractivity contribution is 0.262. The Kier molecular flexibility index (Phi) is 7.07. The molecule has 0 atom stereocenters. The van der Waals surface area contributed by atoms with E-state index in [9.17, 15) is 4.79 Å². The van der Waals surface area contributed by atoms with Crippen LogP contribution in [0.5, 0.6) is 0 Å². The number of nitrogens with zero attached hydrogens (tertiary/aromatic N) is 2. The molecular formula is C26H32N6O. The number of benzene rings is 2. The number of aryl methyl sites for hydroxylation is 3. The zero-order valence-electron chi connectivity index (χ0n) is 19.5. The topological polar surface area (TPSA) is 91.0 Å². The van der Waals surface area contributed by atoms with Gasteiger partial charge in [-0.25, -0.2) is 9.78 Å². The summed E-state index contributed by atoms with van der Waals surface area (Å²) in [6.07, 6.45) is 6.18. The summed E-state index contributed by atoms with van der Waals surface area (Å²) in [5.41, 5.74) is 5.44. The zero-order chi connectivity index (χ0) is 23.2. The van der Waals surface area contributed by atoms with E-state index in [0.29, 0.717) is 17.7 Å². The van der Waals surface area contributed by atoms with Crippen molar-refractivity contribution in [3.63, 3.8) is 0 Å². The summed E-state index contributed by atoms with van der Waals surface area (Å²) in [6.45, 7) is 5.95. The van der Waals surface area contributed by atoms with Gasteiger partial charge in [-0.3, -0.25) is 0 Å². The number of rotatable bonds is 6. The smallest absolute Gasteiger partial charge is 0.323 e. The van der Waals surface area contributed by atoms with E-state index in [1.807, 2.05) is 69.3 Å². The number of carbonyl (C=O) groups is 1. The maximum Gasteiger partial charge on any atom is 0.323 e. The van der Waals surface area contributed by atoms with Crippen LogP contribution in [0.2, 0.25) is 0 Å². The first-order valence-corrected chi connectivity index (χ1v) is 11.6. The Hall–Kier alpha value is -3.61. The van der Waals surface area contributed by atoms with Gasteiger partial charge in [-0.1, -0.05) is 31.4 Å². The molecule has 1 saturated carbocycles. The number of amides is 2. The van der Waals surface area contributed by atoms with E-state index >= 15 is 0 Å². The van der Waals surface area contributed by atoms with Gasteiger partial charge in [-0.15, -0.1) is 0 Å². The van der Waals surface area contributed by atoms with Crippen molar-refractivity contribution in [2.24, 2.45) is 0 Å². The van der Waals surface area contributed by atoms with E-state index in [4.69, 9.17) is 0 Å². The predicted molar refractivity (Wildman–Crippen MR) is 136 cm³/mol. The highest BCUT2D eigenvalue weighted by Gasteiger charge is 2.15. The SMILES string of the molecule is Cc1ccc(C)c(NC(=O)Nc2ccc(Nc3cc(C)nc(NC4CCCCC4)n3)cc2)c1. The quantitative estimate of drug-likeness (QED) is 0.347. The van der Waals surface area contributed by atoms with E-state index in [1.54, 1.807) is 0 Å². The summed E-state index contributed by atoms with van der Waals surface area (Å²) in [4.78, 5) is 21.6. The highest BCUT2D eigenvalue weighted by Crippen LogP contribution is 2.23. The highest BCUT2D eigenvalue weighted by atomic mass is 16.2. The average Bonchev–Trinajstić information content (AvgIpc) is 2.78. The van der Waals surface area contributed by atoms with Gasteiger partial charge in [0.1, 0.15) is 5.82 Å². The largest absolute Gasteiger partial charge is 0.351 e. The molecule has 1 aromatic heterocycles. The highest BCUT2D eigenvalue weighted by molar-refractivity contribution is 6.00. The second-order valence-corrected chi connectivity index (χ2v) is 8.80. The Balaban J connectivity index is 1.36. The molecule has 3 aromatic rings. The van der Waals surface area contributed by atoms with Gasteiger partial charge < -0.3 is 21.3 Å². The Morgan fingerprint density at radius 2 is 1.58 bits per heavy atom. The van der Waals surface area contributed by atoms with Gasteiger partial charge in [0.05, 0.1) is 0 Å². The van der Waals surface area contributed by atoms with E-state index in [-0.39, 0.29) is 6.03 Å². The van der Waals surface area contributed by atoms with Crippen LogP contribution in [0.1, 0.15) is 48.9 Å². The molecule has 0 spiro atoms. The van der Waals surface area contributed by atoms with Crippen molar-refractivity contribution >= 4 is 34.9 Å². The number of anilines is 5. The first-order valence-electron chi connectivity index (χ1n) is 11.6. The lowest BCUT2D eigenvalue weighted by atomic mass is 9.96. The summed E-state index contributed by atoms with van der Waals surface area (Å²) in [6, 6.07) is 15.6. The number of aromatic nitrogens is 2. The Morgan fingerprint density at radius 3 is 2.33 bits per heavy atom. The second-order valence-electron chi connectivity index (χ2n) is 8.80. The van der Waals surface area contributed by atoms with Crippen molar-refractivity contribution < 1.29 is 4.79 Å². The molecule has 0 unspecified atom stereocenters. The van der Waals surface area contributed by atoms with Gasteiger partial charge in [0, 0.05) is 34.9 Å². The van der Waals surface area contributed by atoms with Crippen LogP contribution in [0, 0.1) is 20.8 Å². The van der Waals surface area contributed by atoms with E-state index < -0.39 is 0 Å². The van der Waals surface area contributed by atoms with Crippen molar-refractivity contribution in [1.82, 2.24) is 9.97 Å². The molecule has 7 nitrogen and oxygen atoms in total. The fourth-order valence-electron chi connectivity index (χ4n) is 4.07. The molecule has 2 aromatic carbocycles. The molecule has 33 heavy (non-hydrogen) atoms. The molecule has 0 saturated heterocycles. The normalized spacial score (nSPS) is 13.9. The van der Waals surface area contributed by atoms with Crippen molar-refractivity contribution in [3.05, 3.63) is 65.4 Å². The molecular weight excluding hydrogens is 412 g/mol. The molecule has 0 radical (unpaired) electrons. The van der Waals surface area contributed by atoms with Crippen molar-refractivity contribution in [2.45, 2.75) is 58.9 Å². The van der Waals surface area contributed by atoms with Gasteiger partial charge in [0.25, 0.3) is 0 Å². The first kappa shape index (κ1) is 22.6. The molecule has 0 aliphatic heterocycles. The maximum absolute atomic E-state index is 12.4. The molecule has 172 valence electrons. The zero-order valence-corrected chi connectivity index (χ0v) is 19.5. The molecule has 1 aliphatic carbocycles. The number of hydrogen-bond acceptors (Lipinski definition) is 5.